The number of carbonyl (C=O) groups excluding carboxylic acids is 1. The van der Waals surface area contributed by atoms with Crippen molar-refractivity contribution in [2.45, 2.75) is 6.18 Å². The van der Waals surface area contributed by atoms with E-state index < -0.39 is 17.7 Å². The Morgan fingerprint density at radius 3 is 2.68 bits per heavy atom. The lowest BCUT2D eigenvalue weighted by molar-refractivity contribution is -0.137. The van der Waals surface area contributed by atoms with E-state index in [0.29, 0.717) is 0 Å². The first-order valence-electron chi connectivity index (χ1n) is 6.72. The van der Waals surface area contributed by atoms with Crippen molar-refractivity contribution in [3.63, 3.8) is 0 Å². The van der Waals surface area contributed by atoms with Gasteiger partial charge in [0, 0.05) is 0 Å². The molecule has 1 aromatic rings. The summed E-state index contributed by atoms with van der Waals surface area (Å²) in [4.78, 5) is 20.7. The number of hydrogen-bond acceptors (Lipinski definition) is 6. The zero-order valence-corrected chi connectivity index (χ0v) is 13.4. The Morgan fingerprint density at radius 1 is 1.36 bits per heavy atom. The van der Waals surface area contributed by atoms with Gasteiger partial charge in [-0.2, -0.15) is 13.2 Å². The molecule has 0 saturated heterocycles. The Balaban J connectivity index is 2.60. The predicted molar refractivity (Wildman–Crippen MR) is 83.8 cm³/mol. The highest BCUT2D eigenvalue weighted by atomic mass is 19.4. The molecule has 0 fully saturated rings. The number of nitrogens with zero attached hydrogens (tertiary/aromatic N) is 1. The van der Waals surface area contributed by atoms with Crippen molar-refractivity contribution in [2.75, 3.05) is 20.8 Å². The zero-order valence-electron chi connectivity index (χ0n) is 13.4. The summed E-state index contributed by atoms with van der Waals surface area (Å²) in [6, 6.07) is 4.59. The molecule has 0 unspecified atom stereocenters. The minimum absolute atomic E-state index is 0.117. The molecule has 0 aliphatic rings. The van der Waals surface area contributed by atoms with E-state index in [1.165, 1.54) is 19.2 Å². The Hall–Kier alpha value is -2.99. The van der Waals surface area contributed by atoms with Crippen LogP contribution in [0.15, 0.2) is 36.0 Å². The van der Waals surface area contributed by atoms with Crippen LogP contribution in [0, 0.1) is 11.8 Å². The second kappa shape index (κ2) is 9.34. The first kappa shape index (κ1) is 20.1. The van der Waals surface area contributed by atoms with E-state index in [9.17, 15) is 18.0 Å². The SMILES string of the molecule is C=C(NOCC#CC(=NOC)C(=O)OC)c1cccc(C(F)(F)F)c1. The summed E-state index contributed by atoms with van der Waals surface area (Å²) in [6.07, 6.45) is -4.45. The lowest BCUT2D eigenvalue weighted by atomic mass is 10.1. The highest BCUT2D eigenvalue weighted by molar-refractivity contribution is 6.43. The van der Waals surface area contributed by atoms with Crippen LogP contribution in [0.2, 0.25) is 0 Å². The Morgan fingerprint density at radius 2 is 2.08 bits per heavy atom. The second-order valence-electron chi connectivity index (χ2n) is 4.36. The minimum Gasteiger partial charge on any atom is -0.464 e. The summed E-state index contributed by atoms with van der Waals surface area (Å²) < 4.78 is 42.4. The molecule has 0 heterocycles. The summed E-state index contributed by atoms with van der Waals surface area (Å²) in [7, 11) is 2.40. The maximum atomic E-state index is 12.7. The van der Waals surface area contributed by atoms with Crippen molar-refractivity contribution in [1.29, 1.82) is 0 Å². The number of nitrogens with one attached hydrogen (secondary N) is 1. The average Bonchev–Trinajstić information content (AvgIpc) is 2.59. The van der Waals surface area contributed by atoms with E-state index in [1.807, 2.05) is 0 Å². The van der Waals surface area contributed by atoms with Crippen LogP contribution in [0.1, 0.15) is 11.1 Å². The smallest absolute Gasteiger partial charge is 0.416 e. The van der Waals surface area contributed by atoms with Crippen LogP contribution < -0.4 is 5.48 Å². The Bertz CT molecular complexity index is 718. The molecule has 25 heavy (non-hydrogen) atoms. The number of ether oxygens (including phenoxy) is 1. The fraction of sp³-hybridized carbons (Fsp3) is 0.250. The van der Waals surface area contributed by atoms with Crippen molar-refractivity contribution in [1.82, 2.24) is 5.48 Å². The molecular weight excluding hydrogens is 341 g/mol. The normalized spacial score (nSPS) is 11.2. The van der Waals surface area contributed by atoms with Gasteiger partial charge in [0.1, 0.15) is 13.7 Å². The molecule has 0 aliphatic heterocycles. The number of hydrogen-bond donors (Lipinski definition) is 1. The monoisotopic (exact) mass is 356 g/mol. The zero-order chi connectivity index (χ0) is 18.9. The molecule has 1 rings (SSSR count). The number of alkyl halides is 3. The molecule has 6 nitrogen and oxygen atoms in total. The average molecular weight is 356 g/mol. The number of rotatable bonds is 6. The second-order valence-corrected chi connectivity index (χ2v) is 4.36. The van der Waals surface area contributed by atoms with Gasteiger partial charge in [-0.05, 0) is 23.6 Å². The lowest BCUT2D eigenvalue weighted by Gasteiger charge is -2.11. The van der Waals surface area contributed by atoms with Crippen molar-refractivity contribution in [3.8, 4) is 11.8 Å². The van der Waals surface area contributed by atoms with E-state index in [1.54, 1.807) is 0 Å². The first-order valence-corrected chi connectivity index (χ1v) is 6.72. The summed E-state index contributed by atoms with van der Waals surface area (Å²) in [6.45, 7) is 3.39. The largest absolute Gasteiger partial charge is 0.464 e. The first-order chi connectivity index (χ1) is 11.8. The van der Waals surface area contributed by atoms with Crippen LogP contribution in [0.5, 0.6) is 0 Å². The molecule has 1 aromatic carbocycles. The van der Waals surface area contributed by atoms with Crippen molar-refractivity contribution in [2.24, 2.45) is 5.16 Å². The lowest BCUT2D eigenvalue weighted by Crippen LogP contribution is -2.15. The van der Waals surface area contributed by atoms with Gasteiger partial charge in [0.05, 0.1) is 18.4 Å². The fourth-order valence-corrected chi connectivity index (χ4v) is 1.52. The third-order valence-corrected chi connectivity index (χ3v) is 2.65. The highest BCUT2D eigenvalue weighted by Crippen LogP contribution is 2.30. The molecule has 0 radical (unpaired) electrons. The number of benzene rings is 1. The van der Waals surface area contributed by atoms with Gasteiger partial charge in [-0.15, -0.1) is 0 Å². The van der Waals surface area contributed by atoms with Gasteiger partial charge < -0.3 is 9.57 Å². The summed E-state index contributed by atoms with van der Waals surface area (Å²) in [5, 5.41) is 3.38. The standard InChI is InChI=1S/C16H15F3N2O4/c1-11(12-6-4-7-13(10-12)16(17,18)19)20-25-9-5-8-14(21-24-3)15(22)23-2/h4,6-7,10,20H,1,9H2,2-3H3. The summed E-state index contributed by atoms with van der Waals surface area (Å²) in [5.74, 6) is 4.05. The highest BCUT2D eigenvalue weighted by Gasteiger charge is 2.30. The van der Waals surface area contributed by atoms with Gasteiger partial charge in [-0.1, -0.05) is 29.8 Å². The number of methoxy groups -OCH3 is 1. The van der Waals surface area contributed by atoms with Crippen molar-refractivity contribution < 1.29 is 32.4 Å². The third-order valence-electron chi connectivity index (χ3n) is 2.65. The van der Waals surface area contributed by atoms with Crippen LogP contribution in [0.3, 0.4) is 0 Å². The fourth-order valence-electron chi connectivity index (χ4n) is 1.52. The molecule has 0 aliphatic carbocycles. The van der Waals surface area contributed by atoms with Gasteiger partial charge in [0.2, 0.25) is 5.71 Å². The maximum Gasteiger partial charge on any atom is 0.416 e. The van der Waals surface area contributed by atoms with Crippen LogP contribution in [-0.2, 0) is 25.4 Å². The molecule has 0 amide bonds. The van der Waals surface area contributed by atoms with Gasteiger partial charge in [0.15, 0.2) is 0 Å². The molecule has 0 atom stereocenters. The molecular formula is C16H15F3N2O4. The minimum atomic E-state index is -4.45. The number of oxime groups is 1. The molecule has 1 N–H and O–H groups in total. The summed E-state index contributed by atoms with van der Waals surface area (Å²) in [5.41, 5.74) is 1.64. The third kappa shape index (κ3) is 6.56. The van der Waals surface area contributed by atoms with Gasteiger partial charge in [-0.3, -0.25) is 10.3 Å². The molecule has 9 heteroatoms. The number of esters is 1. The van der Waals surface area contributed by atoms with E-state index in [2.05, 4.69) is 38.6 Å². The van der Waals surface area contributed by atoms with Gasteiger partial charge in [0.25, 0.3) is 0 Å². The van der Waals surface area contributed by atoms with Crippen LogP contribution in [-0.4, -0.2) is 32.5 Å². The number of hydroxylamine groups is 1. The van der Waals surface area contributed by atoms with E-state index in [4.69, 9.17) is 4.84 Å². The summed E-state index contributed by atoms with van der Waals surface area (Å²) >= 11 is 0. The van der Waals surface area contributed by atoms with Crippen LogP contribution in [0.25, 0.3) is 5.70 Å². The Kier molecular flexibility index (Phi) is 7.49. The van der Waals surface area contributed by atoms with E-state index in [0.717, 1.165) is 19.2 Å². The van der Waals surface area contributed by atoms with Crippen molar-refractivity contribution in [3.05, 3.63) is 42.0 Å². The van der Waals surface area contributed by atoms with Crippen LogP contribution in [0.4, 0.5) is 13.2 Å². The molecule has 0 spiro atoms. The molecule has 0 saturated carbocycles. The van der Waals surface area contributed by atoms with Gasteiger partial charge >= 0.3 is 12.1 Å². The quantitative estimate of drug-likeness (QED) is 0.279. The van der Waals surface area contributed by atoms with Gasteiger partial charge in [-0.25, -0.2) is 4.79 Å². The molecule has 134 valence electrons. The predicted octanol–water partition coefficient (Wildman–Crippen LogP) is 2.38. The number of carbonyl (C=O) groups is 1. The topological polar surface area (TPSA) is 69.1 Å². The maximum absolute atomic E-state index is 12.7. The van der Waals surface area contributed by atoms with Crippen molar-refractivity contribution >= 4 is 17.4 Å². The molecule has 0 aromatic heterocycles. The molecule has 0 bridgehead atoms. The number of halogens is 3. The van der Waals surface area contributed by atoms with Crippen LogP contribution >= 0.6 is 0 Å². The van der Waals surface area contributed by atoms with E-state index >= 15 is 0 Å². The Labute approximate surface area is 142 Å². The van der Waals surface area contributed by atoms with E-state index in [-0.39, 0.29) is 23.6 Å².